The minimum absolute atomic E-state index is 0.101. The topological polar surface area (TPSA) is 64.1 Å². The van der Waals surface area contributed by atoms with E-state index < -0.39 is 0 Å². The standard InChI is InChI=1S/C15H19N3O3/c1-16-14(20)10-12(15(16)21)18-8-6-17(7-9-18)11-4-2-3-5-13(11)19/h2-5,12,19H,6-10H2,1H3. The molecule has 0 spiro atoms. The van der Waals surface area contributed by atoms with E-state index in [-0.39, 0.29) is 30.0 Å². The summed E-state index contributed by atoms with van der Waals surface area (Å²) in [7, 11) is 1.54. The van der Waals surface area contributed by atoms with Crippen LogP contribution in [0.3, 0.4) is 0 Å². The van der Waals surface area contributed by atoms with Crippen LogP contribution in [0.5, 0.6) is 5.75 Å². The number of piperazine rings is 1. The Balaban J connectivity index is 1.65. The number of carbonyl (C=O) groups is 2. The molecule has 1 aromatic carbocycles. The fraction of sp³-hybridized carbons (Fsp3) is 0.467. The molecule has 1 N–H and O–H groups in total. The third-order valence-corrected chi connectivity index (χ3v) is 4.34. The van der Waals surface area contributed by atoms with Crippen molar-refractivity contribution in [1.29, 1.82) is 0 Å². The molecule has 0 saturated carbocycles. The highest BCUT2D eigenvalue weighted by Gasteiger charge is 2.40. The van der Waals surface area contributed by atoms with E-state index in [0.717, 1.165) is 18.8 Å². The number of anilines is 1. The first-order valence-electron chi connectivity index (χ1n) is 7.15. The van der Waals surface area contributed by atoms with Gasteiger partial charge in [0.25, 0.3) is 0 Å². The summed E-state index contributed by atoms with van der Waals surface area (Å²) in [5.74, 6) is 0.0712. The number of hydrogen-bond donors (Lipinski definition) is 1. The van der Waals surface area contributed by atoms with E-state index in [1.54, 1.807) is 19.2 Å². The van der Waals surface area contributed by atoms with E-state index in [1.807, 2.05) is 12.1 Å². The van der Waals surface area contributed by atoms with Crippen molar-refractivity contribution < 1.29 is 14.7 Å². The second kappa shape index (κ2) is 5.37. The van der Waals surface area contributed by atoms with Gasteiger partial charge in [0, 0.05) is 33.2 Å². The molecule has 0 aromatic heterocycles. The summed E-state index contributed by atoms with van der Waals surface area (Å²) in [6.45, 7) is 2.90. The summed E-state index contributed by atoms with van der Waals surface area (Å²) in [6, 6.07) is 6.95. The number of para-hydroxylation sites is 2. The number of hydrogen-bond acceptors (Lipinski definition) is 5. The largest absolute Gasteiger partial charge is 0.506 e. The summed E-state index contributed by atoms with van der Waals surface area (Å²) < 4.78 is 0. The summed E-state index contributed by atoms with van der Waals surface area (Å²) >= 11 is 0. The van der Waals surface area contributed by atoms with Gasteiger partial charge >= 0.3 is 0 Å². The van der Waals surface area contributed by atoms with Crippen LogP contribution in [0.15, 0.2) is 24.3 Å². The van der Waals surface area contributed by atoms with Gasteiger partial charge in [-0.1, -0.05) is 12.1 Å². The maximum Gasteiger partial charge on any atom is 0.246 e. The number of carbonyl (C=O) groups excluding carboxylic acids is 2. The lowest BCUT2D eigenvalue weighted by molar-refractivity contribution is -0.138. The lowest BCUT2D eigenvalue weighted by Gasteiger charge is -2.38. The van der Waals surface area contributed by atoms with Crippen molar-refractivity contribution in [3.63, 3.8) is 0 Å². The molecule has 2 fully saturated rings. The van der Waals surface area contributed by atoms with Crippen LogP contribution >= 0.6 is 0 Å². The Morgan fingerprint density at radius 2 is 1.76 bits per heavy atom. The van der Waals surface area contributed by atoms with Crippen LogP contribution in [-0.4, -0.2) is 66.0 Å². The molecule has 2 aliphatic rings. The smallest absolute Gasteiger partial charge is 0.246 e. The molecule has 21 heavy (non-hydrogen) atoms. The van der Waals surface area contributed by atoms with Gasteiger partial charge in [0.15, 0.2) is 0 Å². The Morgan fingerprint density at radius 1 is 1.10 bits per heavy atom. The maximum atomic E-state index is 12.0. The van der Waals surface area contributed by atoms with Crippen LogP contribution in [0.1, 0.15) is 6.42 Å². The van der Waals surface area contributed by atoms with Gasteiger partial charge in [-0.05, 0) is 12.1 Å². The number of imide groups is 1. The molecule has 3 rings (SSSR count). The van der Waals surface area contributed by atoms with Gasteiger partial charge in [-0.25, -0.2) is 0 Å². The zero-order valence-corrected chi connectivity index (χ0v) is 12.0. The molecule has 1 unspecified atom stereocenters. The monoisotopic (exact) mass is 289 g/mol. The molecular formula is C15H19N3O3. The van der Waals surface area contributed by atoms with E-state index in [4.69, 9.17) is 0 Å². The highest BCUT2D eigenvalue weighted by molar-refractivity contribution is 6.05. The summed E-state index contributed by atoms with van der Waals surface area (Å²) in [5, 5.41) is 9.89. The zero-order valence-electron chi connectivity index (χ0n) is 12.0. The minimum Gasteiger partial charge on any atom is -0.506 e. The molecule has 6 heteroatoms. The van der Waals surface area contributed by atoms with Gasteiger partial charge in [-0.2, -0.15) is 0 Å². The minimum atomic E-state index is -0.311. The number of nitrogens with zero attached hydrogens (tertiary/aromatic N) is 3. The normalized spacial score (nSPS) is 24.0. The van der Waals surface area contributed by atoms with Crippen LogP contribution in [-0.2, 0) is 9.59 Å². The van der Waals surface area contributed by atoms with Crippen molar-refractivity contribution in [3.05, 3.63) is 24.3 Å². The molecule has 0 aliphatic carbocycles. The molecule has 0 bridgehead atoms. The van der Waals surface area contributed by atoms with Gasteiger partial charge in [0.2, 0.25) is 11.8 Å². The van der Waals surface area contributed by atoms with Crippen LogP contribution in [0.25, 0.3) is 0 Å². The Morgan fingerprint density at radius 3 is 2.33 bits per heavy atom. The third kappa shape index (κ3) is 2.47. The molecule has 0 radical (unpaired) electrons. The Labute approximate surface area is 123 Å². The van der Waals surface area contributed by atoms with E-state index in [9.17, 15) is 14.7 Å². The number of aromatic hydroxyl groups is 1. The second-order valence-corrected chi connectivity index (χ2v) is 5.52. The number of amides is 2. The average molecular weight is 289 g/mol. The molecule has 112 valence electrons. The number of phenolic OH excluding ortho intramolecular Hbond substituents is 1. The lowest BCUT2D eigenvalue weighted by atomic mass is 10.1. The number of benzene rings is 1. The zero-order chi connectivity index (χ0) is 15.0. The summed E-state index contributed by atoms with van der Waals surface area (Å²) in [4.78, 5) is 29.0. The predicted molar refractivity (Wildman–Crippen MR) is 78.1 cm³/mol. The van der Waals surface area contributed by atoms with Crippen molar-refractivity contribution in [2.75, 3.05) is 38.1 Å². The van der Waals surface area contributed by atoms with Gasteiger partial charge in [0.1, 0.15) is 5.75 Å². The first kappa shape index (κ1) is 13.9. The maximum absolute atomic E-state index is 12.0. The van der Waals surface area contributed by atoms with Crippen molar-refractivity contribution in [2.45, 2.75) is 12.5 Å². The van der Waals surface area contributed by atoms with Crippen molar-refractivity contribution in [1.82, 2.24) is 9.80 Å². The van der Waals surface area contributed by atoms with Gasteiger partial charge < -0.3 is 10.0 Å². The molecule has 2 saturated heterocycles. The Kier molecular flexibility index (Phi) is 3.55. The fourth-order valence-electron chi connectivity index (χ4n) is 3.03. The van der Waals surface area contributed by atoms with Crippen molar-refractivity contribution in [3.8, 4) is 5.75 Å². The average Bonchev–Trinajstić information content (AvgIpc) is 2.76. The second-order valence-electron chi connectivity index (χ2n) is 5.52. The van der Waals surface area contributed by atoms with E-state index >= 15 is 0 Å². The Hall–Kier alpha value is -2.08. The van der Waals surface area contributed by atoms with E-state index in [0.29, 0.717) is 13.1 Å². The van der Waals surface area contributed by atoms with Crippen LogP contribution in [0, 0.1) is 0 Å². The predicted octanol–water partition coefficient (Wildman–Crippen LogP) is 0.271. The summed E-state index contributed by atoms with van der Waals surface area (Å²) in [5.41, 5.74) is 0.822. The quantitative estimate of drug-likeness (QED) is 0.792. The van der Waals surface area contributed by atoms with Crippen LogP contribution in [0.2, 0.25) is 0 Å². The lowest BCUT2D eigenvalue weighted by Crippen LogP contribution is -2.52. The van der Waals surface area contributed by atoms with Gasteiger partial charge in [-0.3, -0.25) is 19.4 Å². The van der Waals surface area contributed by atoms with Crippen molar-refractivity contribution >= 4 is 17.5 Å². The number of likely N-dealkylation sites (tertiary alicyclic amines) is 1. The van der Waals surface area contributed by atoms with Crippen LogP contribution in [0.4, 0.5) is 5.69 Å². The Bertz CT molecular complexity index is 567. The molecule has 2 amide bonds. The molecule has 2 aliphatic heterocycles. The van der Waals surface area contributed by atoms with E-state index in [2.05, 4.69) is 9.80 Å². The number of likely N-dealkylation sites (N-methyl/N-ethyl adjacent to an activating group) is 1. The van der Waals surface area contributed by atoms with E-state index in [1.165, 1.54) is 4.90 Å². The molecule has 1 aromatic rings. The molecule has 2 heterocycles. The van der Waals surface area contributed by atoms with Crippen LogP contribution < -0.4 is 4.90 Å². The highest BCUT2D eigenvalue weighted by Crippen LogP contribution is 2.28. The first-order valence-corrected chi connectivity index (χ1v) is 7.15. The molecule has 1 atom stereocenters. The number of rotatable bonds is 2. The van der Waals surface area contributed by atoms with Crippen molar-refractivity contribution in [2.24, 2.45) is 0 Å². The number of phenols is 1. The molecular weight excluding hydrogens is 270 g/mol. The molecule has 6 nitrogen and oxygen atoms in total. The highest BCUT2D eigenvalue weighted by atomic mass is 16.3. The fourth-order valence-corrected chi connectivity index (χ4v) is 3.03. The third-order valence-electron chi connectivity index (χ3n) is 4.34. The SMILES string of the molecule is CN1C(=O)CC(N2CCN(c3ccccc3O)CC2)C1=O. The van der Waals surface area contributed by atoms with Gasteiger partial charge in [0.05, 0.1) is 18.2 Å². The first-order chi connectivity index (χ1) is 10.1. The van der Waals surface area contributed by atoms with Gasteiger partial charge in [-0.15, -0.1) is 0 Å². The summed E-state index contributed by atoms with van der Waals surface area (Å²) in [6.07, 6.45) is 0.284.